The van der Waals surface area contributed by atoms with Crippen molar-refractivity contribution in [1.82, 2.24) is 15.1 Å². The van der Waals surface area contributed by atoms with Crippen molar-refractivity contribution in [2.75, 3.05) is 0 Å². The van der Waals surface area contributed by atoms with Crippen LogP contribution in [0.2, 0.25) is 0 Å². The first-order valence-corrected chi connectivity index (χ1v) is 8.31. The predicted molar refractivity (Wildman–Crippen MR) is 84.7 cm³/mol. The Kier molecular flexibility index (Phi) is 5.19. The van der Waals surface area contributed by atoms with Gasteiger partial charge in [-0.05, 0) is 65.5 Å². The van der Waals surface area contributed by atoms with Crippen LogP contribution in [0.3, 0.4) is 0 Å². The fraction of sp³-hybridized carbons (Fsp3) is 0.500. The summed E-state index contributed by atoms with van der Waals surface area (Å²) >= 11 is 5.39. The van der Waals surface area contributed by atoms with Crippen molar-refractivity contribution in [3.8, 4) is 0 Å². The summed E-state index contributed by atoms with van der Waals surface area (Å²) in [5.74, 6) is 0. The highest BCUT2D eigenvalue weighted by Gasteiger charge is 2.13. The quantitative estimate of drug-likeness (QED) is 0.866. The van der Waals surface area contributed by atoms with Crippen LogP contribution in [0.25, 0.3) is 0 Å². The summed E-state index contributed by atoms with van der Waals surface area (Å²) in [5, 5.41) is 12.4. The van der Waals surface area contributed by atoms with Gasteiger partial charge in [0.2, 0.25) is 0 Å². The van der Waals surface area contributed by atoms with Crippen molar-refractivity contribution in [3.63, 3.8) is 0 Å². The highest BCUT2D eigenvalue weighted by Crippen LogP contribution is 2.21. The Labute approximate surface area is 127 Å². The molecule has 1 unspecified atom stereocenters. The van der Waals surface area contributed by atoms with Crippen molar-refractivity contribution < 1.29 is 0 Å². The second-order valence-corrected chi connectivity index (χ2v) is 6.35. The van der Waals surface area contributed by atoms with E-state index in [1.54, 1.807) is 11.3 Å². The number of thiophene rings is 1. The molecular formula is C14H20BrN3S. The first-order chi connectivity index (χ1) is 9.11. The highest BCUT2D eigenvalue weighted by atomic mass is 79.9. The van der Waals surface area contributed by atoms with Crippen molar-refractivity contribution in [2.45, 2.75) is 46.3 Å². The number of hydrogen-bond donors (Lipinski definition) is 1. The minimum Gasteiger partial charge on any atom is -0.308 e. The summed E-state index contributed by atoms with van der Waals surface area (Å²) in [4.78, 5) is 0. The molecule has 104 valence electrons. The summed E-state index contributed by atoms with van der Waals surface area (Å²) < 4.78 is 3.19. The molecule has 0 saturated carbocycles. The lowest BCUT2D eigenvalue weighted by Gasteiger charge is -2.14. The van der Waals surface area contributed by atoms with Crippen LogP contribution in [0.1, 0.15) is 30.8 Å². The molecule has 2 aromatic rings. The minimum absolute atomic E-state index is 0.460. The first-order valence-electron chi connectivity index (χ1n) is 6.58. The number of hydrogen-bond acceptors (Lipinski definition) is 3. The number of nitrogens with one attached hydrogen (secondary N) is 1. The zero-order valence-electron chi connectivity index (χ0n) is 11.6. The fourth-order valence-corrected chi connectivity index (χ4v) is 3.25. The molecule has 2 heterocycles. The van der Waals surface area contributed by atoms with Crippen LogP contribution in [-0.4, -0.2) is 15.8 Å². The molecule has 19 heavy (non-hydrogen) atoms. The average Bonchev–Trinajstić information content (AvgIpc) is 2.97. The molecule has 3 nitrogen and oxygen atoms in total. The molecule has 0 fully saturated rings. The number of halogens is 1. The van der Waals surface area contributed by atoms with E-state index in [-0.39, 0.29) is 0 Å². The van der Waals surface area contributed by atoms with Crippen LogP contribution in [-0.2, 0) is 19.5 Å². The highest BCUT2D eigenvalue weighted by molar-refractivity contribution is 9.10. The molecule has 5 heteroatoms. The summed E-state index contributed by atoms with van der Waals surface area (Å²) in [7, 11) is 0. The third-order valence-corrected chi connectivity index (χ3v) is 4.96. The van der Waals surface area contributed by atoms with Crippen LogP contribution in [0.15, 0.2) is 21.3 Å². The van der Waals surface area contributed by atoms with Gasteiger partial charge in [0, 0.05) is 19.1 Å². The molecule has 0 aromatic carbocycles. The van der Waals surface area contributed by atoms with Gasteiger partial charge in [-0.25, -0.2) is 0 Å². The first kappa shape index (κ1) is 14.8. The van der Waals surface area contributed by atoms with Gasteiger partial charge in [0.05, 0.1) is 15.9 Å². The normalized spacial score (nSPS) is 12.8. The van der Waals surface area contributed by atoms with Gasteiger partial charge in [0.15, 0.2) is 0 Å². The van der Waals surface area contributed by atoms with Gasteiger partial charge in [-0.3, -0.25) is 4.68 Å². The Hall–Kier alpha value is -0.650. The Morgan fingerprint density at radius 2 is 2.32 bits per heavy atom. The monoisotopic (exact) mass is 341 g/mol. The minimum atomic E-state index is 0.460. The molecule has 0 aliphatic rings. The summed E-state index contributed by atoms with van der Waals surface area (Å²) in [6.45, 7) is 8.14. The van der Waals surface area contributed by atoms with E-state index in [0.29, 0.717) is 6.04 Å². The molecule has 1 N–H and O–H groups in total. The fourth-order valence-electron chi connectivity index (χ4n) is 2.14. The van der Waals surface area contributed by atoms with Gasteiger partial charge in [0.25, 0.3) is 0 Å². The van der Waals surface area contributed by atoms with Gasteiger partial charge in [-0.1, -0.05) is 0 Å². The van der Waals surface area contributed by atoms with Crippen LogP contribution in [0.5, 0.6) is 0 Å². The van der Waals surface area contributed by atoms with Crippen molar-refractivity contribution >= 4 is 27.3 Å². The SMILES string of the molecule is CCn1nc(C)c(Br)c1CNC(C)Cc1ccsc1. The molecule has 2 aromatic heterocycles. The Morgan fingerprint density at radius 1 is 1.53 bits per heavy atom. The van der Waals surface area contributed by atoms with Crippen molar-refractivity contribution in [1.29, 1.82) is 0 Å². The van der Waals surface area contributed by atoms with Crippen molar-refractivity contribution in [2.24, 2.45) is 0 Å². The van der Waals surface area contributed by atoms with E-state index in [1.807, 2.05) is 6.92 Å². The van der Waals surface area contributed by atoms with Crippen LogP contribution in [0.4, 0.5) is 0 Å². The largest absolute Gasteiger partial charge is 0.308 e. The summed E-state index contributed by atoms with van der Waals surface area (Å²) in [6, 6.07) is 2.65. The number of aryl methyl sites for hydroxylation is 2. The van der Waals surface area contributed by atoms with Crippen molar-refractivity contribution in [3.05, 3.63) is 38.3 Å². The number of nitrogens with zero attached hydrogens (tertiary/aromatic N) is 2. The molecule has 0 aliphatic carbocycles. The van der Waals surface area contributed by atoms with E-state index in [9.17, 15) is 0 Å². The Bertz CT molecular complexity index is 519. The lowest BCUT2D eigenvalue weighted by atomic mass is 10.1. The Balaban J connectivity index is 1.95. The molecule has 1 atom stereocenters. The Morgan fingerprint density at radius 3 is 2.95 bits per heavy atom. The molecule has 0 radical (unpaired) electrons. The van der Waals surface area contributed by atoms with E-state index < -0.39 is 0 Å². The molecule has 0 aliphatic heterocycles. The van der Waals surface area contributed by atoms with Gasteiger partial charge < -0.3 is 5.32 Å². The van der Waals surface area contributed by atoms with Gasteiger partial charge in [0.1, 0.15) is 0 Å². The maximum Gasteiger partial charge on any atom is 0.0739 e. The lowest BCUT2D eigenvalue weighted by Crippen LogP contribution is -2.28. The van der Waals surface area contributed by atoms with Gasteiger partial charge in [-0.2, -0.15) is 16.4 Å². The number of aromatic nitrogens is 2. The van der Waals surface area contributed by atoms with Gasteiger partial charge in [-0.15, -0.1) is 0 Å². The molecule has 0 bridgehead atoms. The standard InChI is InChI=1S/C14H20BrN3S/c1-4-18-13(14(15)11(3)17-18)8-16-10(2)7-12-5-6-19-9-12/h5-6,9-10,16H,4,7-8H2,1-3H3. The van der Waals surface area contributed by atoms with E-state index in [1.165, 1.54) is 11.3 Å². The van der Waals surface area contributed by atoms with Gasteiger partial charge >= 0.3 is 0 Å². The second-order valence-electron chi connectivity index (χ2n) is 4.78. The number of rotatable bonds is 6. The zero-order chi connectivity index (χ0) is 13.8. The van der Waals surface area contributed by atoms with Crippen LogP contribution in [0, 0.1) is 6.92 Å². The zero-order valence-corrected chi connectivity index (χ0v) is 14.0. The maximum atomic E-state index is 4.51. The predicted octanol–water partition coefficient (Wildman–Crippen LogP) is 3.76. The van der Waals surface area contributed by atoms with Crippen LogP contribution < -0.4 is 5.32 Å². The molecule has 2 rings (SSSR count). The van der Waals surface area contributed by atoms with E-state index in [4.69, 9.17) is 0 Å². The molecule has 0 spiro atoms. The summed E-state index contributed by atoms with van der Waals surface area (Å²) in [6.07, 6.45) is 1.07. The molecular weight excluding hydrogens is 322 g/mol. The van der Waals surface area contributed by atoms with Crippen LogP contribution >= 0.6 is 27.3 Å². The molecule has 0 amide bonds. The maximum absolute atomic E-state index is 4.51. The topological polar surface area (TPSA) is 29.9 Å². The smallest absolute Gasteiger partial charge is 0.0739 e. The average molecular weight is 342 g/mol. The third kappa shape index (κ3) is 3.68. The lowest BCUT2D eigenvalue weighted by molar-refractivity contribution is 0.513. The third-order valence-electron chi connectivity index (χ3n) is 3.19. The second kappa shape index (κ2) is 6.68. The van der Waals surface area contributed by atoms with E-state index >= 15 is 0 Å². The molecule has 0 saturated heterocycles. The summed E-state index contributed by atoms with van der Waals surface area (Å²) in [5.41, 5.74) is 3.70. The van der Waals surface area contributed by atoms with E-state index in [0.717, 1.165) is 29.7 Å². The van der Waals surface area contributed by atoms with E-state index in [2.05, 4.69) is 61.7 Å².